The average molecular weight is 392 g/mol. The number of methoxy groups -OCH3 is 1. The van der Waals surface area contributed by atoms with Gasteiger partial charge in [0.15, 0.2) is 5.76 Å². The lowest BCUT2D eigenvalue weighted by molar-refractivity contribution is 0.0355. The monoisotopic (exact) mass is 392 g/mol. The van der Waals surface area contributed by atoms with Crippen molar-refractivity contribution in [3.05, 3.63) is 28.3 Å². The molecule has 1 aromatic heterocycles. The van der Waals surface area contributed by atoms with Gasteiger partial charge in [0.1, 0.15) is 12.9 Å². The van der Waals surface area contributed by atoms with E-state index in [9.17, 15) is 14.4 Å². The molecule has 0 saturated carbocycles. The number of ether oxygens (including phenoxy) is 2. The van der Waals surface area contributed by atoms with E-state index in [1.165, 1.54) is 7.11 Å². The van der Waals surface area contributed by atoms with Crippen LogP contribution in [0.25, 0.3) is 0 Å². The number of hydrogen-bond donors (Lipinski definition) is 0. The van der Waals surface area contributed by atoms with Crippen LogP contribution in [0.1, 0.15) is 55.5 Å². The summed E-state index contributed by atoms with van der Waals surface area (Å²) in [6.07, 6.45) is 7.69. The van der Waals surface area contributed by atoms with Gasteiger partial charge in [-0.2, -0.15) is 0 Å². The first kappa shape index (κ1) is 20.2. The molecule has 2 aliphatic rings. The highest BCUT2D eigenvalue weighted by atomic mass is 16.6. The van der Waals surface area contributed by atoms with Gasteiger partial charge in [-0.3, -0.25) is 9.59 Å². The molecular formula is C20H28N2O6. The molecule has 0 bridgehead atoms. The molecule has 2 amide bonds. The molecule has 2 saturated heterocycles. The number of amides is 2. The van der Waals surface area contributed by atoms with Crippen molar-refractivity contribution in [1.29, 1.82) is 0 Å². The van der Waals surface area contributed by atoms with Crippen LogP contribution in [0.5, 0.6) is 5.75 Å². The molecule has 0 aliphatic carbocycles. The van der Waals surface area contributed by atoms with E-state index >= 15 is 0 Å². The third-order valence-corrected chi connectivity index (χ3v) is 5.38. The Morgan fingerprint density at radius 1 is 1.11 bits per heavy atom. The van der Waals surface area contributed by atoms with E-state index in [1.807, 2.05) is 0 Å². The molecule has 0 N–H and O–H groups in total. The van der Waals surface area contributed by atoms with Gasteiger partial charge in [-0.25, -0.2) is 4.79 Å². The van der Waals surface area contributed by atoms with Crippen molar-refractivity contribution in [3.63, 3.8) is 0 Å². The normalized spacial score (nSPS) is 20.4. The maximum atomic E-state index is 12.9. The zero-order chi connectivity index (χ0) is 19.9. The minimum absolute atomic E-state index is 0.0310. The quantitative estimate of drug-likeness (QED) is 0.783. The third-order valence-electron chi connectivity index (χ3n) is 5.38. The van der Waals surface area contributed by atoms with Crippen LogP contribution >= 0.6 is 0 Å². The zero-order valence-corrected chi connectivity index (χ0v) is 16.4. The summed E-state index contributed by atoms with van der Waals surface area (Å²) in [7, 11) is 1.37. The molecule has 2 aliphatic heterocycles. The fraction of sp³-hybridized carbons (Fsp3) is 0.650. The first-order valence-electron chi connectivity index (χ1n) is 9.99. The lowest BCUT2D eigenvalue weighted by Gasteiger charge is -2.35. The van der Waals surface area contributed by atoms with Crippen molar-refractivity contribution in [3.8, 4) is 5.75 Å². The lowest BCUT2D eigenvalue weighted by Crippen LogP contribution is -2.47. The largest absolute Gasteiger partial charge is 0.490 e. The summed E-state index contributed by atoms with van der Waals surface area (Å²) in [5, 5.41) is 0. The van der Waals surface area contributed by atoms with E-state index in [1.54, 1.807) is 9.80 Å². The van der Waals surface area contributed by atoms with Crippen LogP contribution in [0, 0.1) is 0 Å². The summed E-state index contributed by atoms with van der Waals surface area (Å²) in [4.78, 5) is 40.6. The van der Waals surface area contributed by atoms with Gasteiger partial charge < -0.3 is 23.7 Å². The van der Waals surface area contributed by atoms with Crippen molar-refractivity contribution >= 4 is 12.0 Å². The Morgan fingerprint density at radius 2 is 1.82 bits per heavy atom. The molecule has 154 valence electrons. The van der Waals surface area contributed by atoms with Crippen LogP contribution < -0.4 is 10.2 Å². The van der Waals surface area contributed by atoms with Crippen molar-refractivity contribution in [2.45, 2.75) is 51.0 Å². The zero-order valence-electron chi connectivity index (χ0n) is 16.4. The summed E-state index contributed by atoms with van der Waals surface area (Å²) < 4.78 is 15.7. The van der Waals surface area contributed by atoms with E-state index in [2.05, 4.69) is 0 Å². The van der Waals surface area contributed by atoms with Crippen LogP contribution in [-0.2, 0) is 4.74 Å². The maximum Gasteiger partial charge on any atom is 0.409 e. The van der Waals surface area contributed by atoms with Gasteiger partial charge in [0.05, 0.1) is 13.2 Å². The number of hydrogen-bond acceptors (Lipinski definition) is 6. The molecule has 28 heavy (non-hydrogen) atoms. The Kier molecular flexibility index (Phi) is 6.95. The lowest BCUT2D eigenvalue weighted by atomic mass is 10.0. The number of carbonyl (C=O) groups excluding carboxylic acids is 2. The molecule has 1 atom stereocenters. The van der Waals surface area contributed by atoms with Crippen molar-refractivity contribution in [2.75, 3.05) is 33.4 Å². The standard InChI is InChI=1S/C20H28N2O6/c1-26-18-14-27-17(12-16(18)23)19(24)22-11-7-4-8-15(22)13-28-20(25)21-9-5-2-3-6-10-21/h12,14-15H,2-11,13H2,1H3. The highest BCUT2D eigenvalue weighted by Gasteiger charge is 2.31. The maximum absolute atomic E-state index is 12.9. The fourth-order valence-electron chi connectivity index (χ4n) is 3.75. The molecule has 1 unspecified atom stereocenters. The highest BCUT2D eigenvalue weighted by molar-refractivity contribution is 5.91. The molecule has 0 spiro atoms. The van der Waals surface area contributed by atoms with E-state index in [4.69, 9.17) is 13.9 Å². The topological polar surface area (TPSA) is 89.3 Å². The third kappa shape index (κ3) is 4.85. The fourth-order valence-corrected chi connectivity index (χ4v) is 3.75. The Hall–Kier alpha value is -2.51. The van der Waals surface area contributed by atoms with Crippen LogP contribution in [-0.4, -0.2) is 61.2 Å². The van der Waals surface area contributed by atoms with Gasteiger partial charge in [0, 0.05) is 25.7 Å². The second kappa shape index (κ2) is 9.61. The van der Waals surface area contributed by atoms with Crippen LogP contribution in [0.2, 0.25) is 0 Å². The summed E-state index contributed by atoms with van der Waals surface area (Å²) in [6.45, 7) is 2.15. The number of piperidine rings is 1. The highest BCUT2D eigenvalue weighted by Crippen LogP contribution is 2.21. The van der Waals surface area contributed by atoms with E-state index in [-0.39, 0.29) is 36.2 Å². The van der Waals surface area contributed by atoms with Crippen molar-refractivity contribution in [2.24, 2.45) is 0 Å². The first-order valence-corrected chi connectivity index (χ1v) is 9.99. The van der Waals surface area contributed by atoms with E-state index in [0.717, 1.165) is 70.4 Å². The minimum Gasteiger partial charge on any atom is -0.490 e. The average Bonchev–Trinajstić information content (AvgIpc) is 3.01. The number of rotatable bonds is 4. The second-order valence-electron chi connectivity index (χ2n) is 7.30. The van der Waals surface area contributed by atoms with Gasteiger partial charge in [-0.1, -0.05) is 12.8 Å². The molecule has 8 nitrogen and oxygen atoms in total. The molecule has 0 radical (unpaired) electrons. The molecule has 3 rings (SSSR count). The Morgan fingerprint density at radius 3 is 2.50 bits per heavy atom. The van der Waals surface area contributed by atoms with Crippen molar-refractivity contribution < 1.29 is 23.5 Å². The smallest absolute Gasteiger partial charge is 0.409 e. The minimum atomic E-state index is -0.404. The predicted octanol–water partition coefficient (Wildman–Crippen LogP) is 2.66. The van der Waals surface area contributed by atoms with E-state index in [0.29, 0.717) is 6.54 Å². The number of nitrogens with zero attached hydrogens (tertiary/aromatic N) is 2. The van der Waals surface area contributed by atoms with Gasteiger partial charge in [-0.15, -0.1) is 0 Å². The van der Waals surface area contributed by atoms with Crippen LogP contribution in [0.15, 0.2) is 21.5 Å². The van der Waals surface area contributed by atoms with Gasteiger partial charge in [0.25, 0.3) is 5.91 Å². The molecule has 3 heterocycles. The Labute approximate surface area is 164 Å². The predicted molar refractivity (Wildman–Crippen MR) is 102 cm³/mol. The molecule has 2 fully saturated rings. The van der Waals surface area contributed by atoms with Gasteiger partial charge in [0.2, 0.25) is 11.2 Å². The summed E-state index contributed by atoms with van der Waals surface area (Å²) in [6, 6.07) is 0.931. The van der Waals surface area contributed by atoms with Gasteiger partial charge >= 0.3 is 6.09 Å². The van der Waals surface area contributed by atoms with Crippen LogP contribution in [0.3, 0.4) is 0 Å². The van der Waals surface area contributed by atoms with Crippen molar-refractivity contribution in [1.82, 2.24) is 9.80 Å². The summed E-state index contributed by atoms with van der Waals surface area (Å²) in [5.41, 5.74) is -0.404. The summed E-state index contributed by atoms with van der Waals surface area (Å²) in [5.74, 6) is -0.343. The Bertz CT molecular complexity index is 738. The first-order chi connectivity index (χ1) is 13.6. The van der Waals surface area contributed by atoms with Crippen LogP contribution in [0.4, 0.5) is 4.79 Å². The second-order valence-corrected chi connectivity index (χ2v) is 7.30. The molecular weight excluding hydrogens is 364 g/mol. The number of likely N-dealkylation sites (tertiary alicyclic amines) is 2. The molecule has 0 aromatic carbocycles. The molecule has 1 aromatic rings. The van der Waals surface area contributed by atoms with Gasteiger partial charge in [-0.05, 0) is 32.1 Å². The van der Waals surface area contributed by atoms with E-state index < -0.39 is 5.43 Å². The SMILES string of the molecule is COc1coc(C(=O)N2CCCCC2COC(=O)N2CCCCCC2)cc1=O. The molecule has 8 heteroatoms. The summed E-state index contributed by atoms with van der Waals surface area (Å²) >= 11 is 0. The Balaban J connectivity index is 1.63. The number of carbonyl (C=O) groups is 2.